The number of nitrogens with two attached hydrogens (primary N) is 2. The predicted molar refractivity (Wildman–Crippen MR) is 53.1 cm³/mol. The van der Waals surface area contributed by atoms with Crippen molar-refractivity contribution in [3.05, 3.63) is 12.1 Å². The van der Waals surface area contributed by atoms with Gasteiger partial charge in [-0.3, -0.25) is 0 Å². The summed E-state index contributed by atoms with van der Waals surface area (Å²) in [7, 11) is 0. The van der Waals surface area contributed by atoms with Crippen LogP contribution >= 0.6 is 24.8 Å². The minimum Gasteiger partial charge on any atom is -0.506 e. The second-order valence-electron chi connectivity index (χ2n) is 1.97. The highest BCUT2D eigenvalue weighted by Gasteiger charge is 2.01. The SMILES string of the molecule is Cl.Cl.Nc1cc(N)c(O)cc1O. The van der Waals surface area contributed by atoms with Gasteiger partial charge in [0.2, 0.25) is 0 Å². The molecule has 0 unspecified atom stereocenters. The highest BCUT2D eigenvalue weighted by atomic mass is 35.5. The van der Waals surface area contributed by atoms with E-state index in [0.717, 1.165) is 6.07 Å². The summed E-state index contributed by atoms with van der Waals surface area (Å²) >= 11 is 0. The summed E-state index contributed by atoms with van der Waals surface area (Å²) in [5.41, 5.74) is 10.8. The van der Waals surface area contributed by atoms with Gasteiger partial charge in [-0.15, -0.1) is 24.8 Å². The number of rotatable bonds is 0. The molecule has 0 saturated heterocycles. The molecular formula is C6H10Cl2N2O2. The molecule has 1 rings (SSSR count). The molecule has 0 aliphatic rings. The molecule has 0 amide bonds. The third kappa shape index (κ3) is 2.56. The Bertz CT molecular complexity index is 218. The van der Waals surface area contributed by atoms with E-state index < -0.39 is 0 Å². The van der Waals surface area contributed by atoms with E-state index in [0.29, 0.717) is 0 Å². The van der Waals surface area contributed by atoms with Gasteiger partial charge < -0.3 is 21.7 Å². The van der Waals surface area contributed by atoms with E-state index in [-0.39, 0.29) is 47.7 Å². The van der Waals surface area contributed by atoms with Gasteiger partial charge in [0.05, 0.1) is 11.4 Å². The van der Waals surface area contributed by atoms with Crippen LogP contribution in [0.3, 0.4) is 0 Å². The Hall–Kier alpha value is -1.00. The molecule has 70 valence electrons. The lowest BCUT2D eigenvalue weighted by Gasteiger charge is -2.01. The fourth-order valence-corrected chi connectivity index (χ4v) is 0.612. The average Bonchev–Trinajstić information content (AvgIpc) is 1.84. The molecule has 0 spiro atoms. The van der Waals surface area contributed by atoms with Gasteiger partial charge >= 0.3 is 0 Å². The van der Waals surface area contributed by atoms with E-state index >= 15 is 0 Å². The summed E-state index contributed by atoms with van der Waals surface area (Å²) < 4.78 is 0. The Balaban J connectivity index is 0. The van der Waals surface area contributed by atoms with Crippen molar-refractivity contribution < 1.29 is 10.2 Å². The van der Waals surface area contributed by atoms with Crippen LogP contribution in [0.2, 0.25) is 0 Å². The molecule has 0 aliphatic heterocycles. The minimum atomic E-state index is -0.160. The van der Waals surface area contributed by atoms with Crippen molar-refractivity contribution in [1.82, 2.24) is 0 Å². The molecule has 0 aromatic heterocycles. The first kappa shape index (κ1) is 13.6. The molecule has 0 atom stereocenters. The van der Waals surface area contributed by atoms with Gasteiger partial charge in [-0.25, -0.2) is 0 Å². The van der Waals surface area contributed by atoms with Crippen molar-refractivity contribution in [2.75, 3.05) is 11.5 Å². The topological polar surface area (TPSA) is 92.5 Å². The number of anilines is 2. The van der Waals surface area contributed by atoms with Crippen LogP contribution in [0.4, 0.5) is 11.4 Å². The largest absolute Gasteiger partial charge is 0.506 e. The Morgan fingerprint density at radius 3 is 1.42 bits per heavy atom. The van der Waals surface area contributed by atoms with Crippen LogP contribution < -0.4 is 11.5 Å². The van der Waals surface area contributed by atoms with E-state index in [1.54, 1.807) is 0 Å². The molecule has 4 nitrogen and oxygen atoms in total. The van der Waals surface area contributed by atoms with Crippen LogP contribution in [0.5, 0.6) is 11.5 Å². The van der Waals surface area contributed by atoms with Crippen molar-refractivity contribution in [3.8, 4) is 11.5 Å². The van der Waals surface area contributed by atoms with E-state index in [1.165, 1.54) is 6.07 Å². The first-order chi connectivity index (χ1) is 4.61. The van der Waals surface area contributed by atoms with Gasteiger partial charge in [0.1, 0.15) is 11.5 Å². The molecule has 0 radical (unpaired) electrons. The third-order valence-electron chi connectivity index (χ3n) is 1.18. The van der Waals surface area contributed by atoms with E-state index in [9.17, 15) is 0 Å². The highest BCUT2D eigenvalue weighted by Crippen LogP contribution is 2.30. The molecular weight excluding hydrogens is 203 g/mol. The van der Waals surface area contributed by atoms with Gasteiger partial charge in [-0.1, -0.05) is 0 Å². The Kier molecular flexibility index (Phi) is 5.42. The van der Waals surface area contributed by atoms with Gasteiger partial charge in [0, 0.05) is 6.07 Å². The lowest BCUT2D eigenvalue weighted by Crippen LogP contribution is -1.90. The van der Waals surface area contributed by atoms with Crippen LogP contribution in [0, 0.1) is 0 Å². The summed E-state index contributed by atoms with van der Waals surface area (Å²) in [4.78, 5) is 0. The zero-order chi connectivity index (χ0) is 7.72. The van der Waals surface area contributed by atoms with Crippen LogP contribution in [-0.2, 0) is 0 Å². The summed E-state index contributed by atoms with van der Waals surface area (Å²) in [6, 6.07) is 2.40. The monoisotopic (exact) mass is 212 g/mol. The third-order valence-corrected chi connectivity index (χ3v) is 1.18. The zero-order valence-corrected chi connectivity index (χ0v) is 7.65. The molecule has 6 heteroatoms. The number of phenolic OH excluding ortho intramolecular Hbond substituents is 2. The van der Waals surface area contributed by atoms with Gasteiger partial charge in [0.25, 0.3) is 0 Å². The average molecular weight is 213 g/mol. The number of nitrogen functional groups attached to an aromatic ring is 2. The van der Waals surface area contributed by atoms with Gasteiger partial charge in [-0.2, -0.15) is 0 Å². The second kappa shape index (κ2) is 4.79. The van der Waals surface area contributed by atoms with Gasteiger partial charge in [-0.05, 0) is 6.07 Å². The molecule has 0 bridgehead atoms. The summed E-state index contributed by atoms with van der Waals surface area (Å²) in [6.07, 6.45) is 0. The standard InChI is InChI=1S/C6H8N2O2.2ClH/c7-3-1-4(8)6(10)2-5(3)9;;/h1-2,9-10H,7-8H2;2*1H. The number of halogens is 2. The summed E-state index contributed by atoms with van der Waals surface area (Å²) in [5.74, 6) is -0.321. The Morgan fingerprint density at radius 2 is 1.17 bits per heavy atom. The molecule has 12 heavy (non-hydrogen) atoms. The number of hydrogen-bond acceptors (Lipinski definition) is 4. The predicted octanol–water partition coefficient (Wildman–Crippen LogP) is 1.11. The number of hydrogen-bond donors (Lipinski definition) is 4. The van der Waals surface area contributed by atoms with Crippen LogP contribution in [-0.4, -0.2) is 10.2 Å². The van der Waals surface area contributed by atoms with Crippen molar-refractivity contribution in [2.45, 2.75) is 0 Å². The van der Waals surface area contributed by atoms with Gasteiger partial charge in [0.15, 0.2) is 0 Å². The zero-order valence-electron chi connectivity index (χ0n) is 6.02. The van der Waals surface area contributed by atoms with Crippen molar-refractivity contribution in [1.29, 1.82) is 0 Å². The fourth-order valence-electron chi connectivity index (χ4n) is 0.612. The maximum Gasteiger partial charge on any atom is 0.142 e. The quantitative estimate of drug-likeness (QED) is 0.295. The number of phenols is 2. The van der Waals surface area contributed by atoms with Crippen molar-refractivity contribution in [2.24, 2.45) is 0 Å². The minimum absolute atomic E-state index is 0. The highest BCUT2D eigenvalue weighted by molar-refractivity contribution is 5.85. The molecule has 0 saturated carbocycles. The maximum atomic E-state index is 8.88. The smallest absolute Gasteiger partial charge is 0.142 e. The number of benzene rings is 1. The molecule has 0 aliphatic carbocycles. The molecule has 1 aromatic rings. The van der Waals surface area contributed by atoms with Crippen molar-refractivity contribution >= 4 is 36.2 Å². The number of aromatic hydroxyl groups is 2. The van der Waals surface area contributed by atoms with Crippen LogP contribution in [0.15, 0.2) is 12.1 Å². The lowest BCUT2D eigenvalue weighted by molar-refractivity contribution is 0.454. The van der Waals surface area contributed by atoms with Crippen molar-refractivity contribution in [3.63, 3.8) is 0 Å². The van der Waals surface area contributed by atoms with E-state index in [2.05, 4.69) is 0 Å². The maximum absolute atomic E-state index is 8.88. The first-order valence-corrected chi connectivity index (χ1v) is 2.68. The normalized spacial score (nSPS) is 8.00. The second-order valence-corrected chi connectivity index (χ2v) is 1.97. The van der Waals surface area contributed by atoms with E-state index in [1.807, 2.05) is 0 Å². The lowest BCUT2D eigenvalue weighted by atomic mass is 10.2. The first-order valence-electron chi connectivity index (χ1n) is 2.68. The van der Waals surface area contributed by atoms with Crippen LogP contribution in [0.1, 0.15) is 0 Å². The molecule has 6 N–H and O–H groups in total. The Morgan fingerprint density at radius 1 is 0.833 bits per heavy atom. The molecule has 0 fully saturated rings. The Labute approximate surface area is 82.0 Å². The molecule has 0 heterocycles. The summed E-state index contributed by atoms with van der Waals surface area (Å²) in [5, 5.41) is 17.8. The fraction of sp³-hybridized carbons (Fsp3) is 0. The molecule has 1 aromatic carbocycles. The summed E-state index contributed by atoms with van der Waals surface area (Å²) in [6.45, 7) is 0. The van der Waals surface area contributed by atoms with E-state index in [4.69, 9.17) is 21.7 Å². The van der Waals surface area contributed by atoms with Crippen LogP contribution in [0.25, 0.3) is 0 Å².